The molecule has 3 aromatic heterocycles. The Kier molecular flexibility index (Phi) is 6.81. The van der Waals surface area contributed by atoms with Gasteiger partial charge in [-0.2, -0.15) is 0 Å². The number of carbonyl (C=O) groups excluding carboxylic acids is 1. The number of rotatable bonds is 8. The summed E-state index contributed by atoms with van der Waals surface area (Å²) in [5, 5.41) is 20.9. The summed E-state index contributed by atoms with van der Waals surface area (Å²) < 4.78 is 25.1. The van der Waals surface area contributed by atoms with Crippen molar-refractivity contribution in [1.82, 2.24) is 29.9 Å². The first-order valence-corrected chi connectivity index (χ1v) is 13.4. The number of pyridine rings is 1. The maximum atomic E-state index is 12.4. The Balaban J connectivity index is 1.39. The fourth-order valence-electron chi connectivity index (χ4n) is 2.92. The van der Waals surface area contributed by atoms with Gasteiger partial charge in [0.05, 0.1) is 10.6 Å². The van der Waals surface area contributed by atoms with Crippen LogP contribution in [0.15, 0.2) is 58.8 Å². The second kappa shape index (κ2) is 9.77. The third-order valence-electron chi connectivity index (χ3n) is 4.50. The maximum Gasteiger partial charge on any atom is 0.236 e. The highest BCUT2D eigenvalue weighted by molar-refractivity contribution is 7.99. The summed E-state index contributed by atoms with van der Waals surface area (Å²) in [4.78, 5) is 16.7. The molecule has 170 valence electrons. The zero-order valence-corrected chi connectivity index (χ0v) is 20.1. The van der Waals surface area contributed by atoms with E-state index in [9.17, 15) is 13.2 Å². The molecule has 0 radical (unpaired) electrons. The van der Waals surface area contributed by atoms with E-state index in [1.807, 2.05) is 23.6 Å². The molecule has 0 unspecified atom stereocenters. The third-order valence-corrected chi connectivity index (χ3v) is 7.49. The Morgan fingerprint density at radius 1 is 1.03 bits per heavy atom. The molecule has 0 bridgehead atoms. The second-order valence-electron chi connectivity index (χ2n) is 6.83. The van der Waals surface area contributed by atoms with Crippen LogP contribution < -0.4 is 5.32 Å². The molecule has 0 fully saturated rings. The monoisotopic (exact) mass is 501 g/mol. The Morgan fingerprint density at radius 2 is 1.76 bits per heavy atom. The van der Waals surface area contributed by atoms with Gasteiger partial charge in [-0.25, -0.2) is 8.42 Å². The first kappa shape index (κ1) is 23.0. The van der Waals surface area contributed by atoms with Crippen molar-refractivity contribution in [3.63, 3.8) is 0 Å². The van der Waals surface area contributed by atoms with Gasteiger partial charge in [0.15, 0.2) is 20.8 Å². The largest absolute Gasteiger partial charge is 0.302 e. The number of aromatic nitrogens is 6. The molecule has 0 saturated heterocycles. The number of amides is 1. The summed E-state index contributed by atoms with van der Waals surface area (Å²) in [5.41, 5.74) is 1.62. The number of anilines is 1. The Morgan fingerprint density at radius 3 is 2.42 bits per heavy atom. The van der Waals surface area contributed by atoms with Crippen LogP contribution in [0, 0.1) is 0 Å². The molecule has 0 aliphatic rings. The van der Waals surface area contributed by atoms with Gasteiger partial charge in [-0.15, -0.1) is 20.4 Å². The zero-order valence-electron chi connectivity index (χ0n) is 17.7. The number of benzene rings is 1. The van der Waals surface area contributed by atoms with Crippen molar-refractivity contribution in [1.29, 1.82) is 0 Å². The number of nitrogens with one attached hydrogen (secondary N) is 1. The van der Waals surface area contributed by atoms with Gasteiger partial charge < -0.3 is 4.57 Å². The SMILES string of the molecule is CCn1c(SCC(=O)Nc2nnc(-c3ccc(S(C)(=O)=O)cc3)s2)nnc1-c1ccncc1. The van der Waals surface area contributed by atoms with Crippen molar-refractivity contribution in [2.45, 2.75) is 23.5 Å². The van der Waals surface area contributed by atoms with Crippen LogP contribution in [0.3, 0.4) is 0 Å². The van der Waals surface area contributed by atoms with E-state index in [2.05, 4.69) is 30.7 Å². The van der Waals surface area contributed by atoms with E-state index in [0.717, 1.165) is 23.2 Å². The molecule has 1 aromatic carbocycles. The lowest BCUT2D eigenvalue weighted by atomic mass is 10.2. The van der Waals surface area contributed by atoms with E-state index >= 15 is 0 Å². The summed E-state index contributed by atoms with van der Waals surface area (Å²) in [5.74, 6) is 0.608. The average molecular weight is 502 g/mol. The molecule has 0 spiro atoms. The maximum absolute atomic E-state index is 12.4. The third kappa shape index (κ3) is 5.43. The smallest absolute Gasteiger partial charge is 0.236 e. The first-order valence-electron chi connectivity index (χ1n) is 9.75. The van der Waals surface area contributed by atoms with E-state index < -0.39 is 9.84 Å². The van der Waals surface area contributed by atoms with Gasteiger partial charge in [-0.05, 0) is 31.2 Å². The van der Waals surface area contributed by atoms with E-state index in [0.29, 0.717) is 21.8 Å². The van der Waals surface area contributed by atoms with Crippen LogP contribution in [-0.4, -0.2) is 56.3 Å². The number of carbonyl (C=O) groups is 1. The van der Waals surface area contributed by atoms with Crippen LogP contribution in [0.5, 0.6) is 0 Å². The van der Waals surface area contributed by atoms with Crippen molar-refractivity contribution in [3.05, 3.63) is 48.8 Å². The number of hydrogen-bond donors (Lipinski definition) is 1. The molecule has 0 atom stereocenters. The minimum atomic E-state index is -3.27. The van der Waals surface area contributed by atoms with Crippen LogP contribution in [0.2, 0.25) is 0 Å². The van der Waals surface area contributed by atoms with Crippen molar-refractivity contribution < 1.29 is 13.2 Å². The molecular weight excluding hydrogens is 482 g/mol. The van der Waals surface area contributed by atoms with Gasteiger partial charge in [-0.1, -0.05) is 35.2 Å². The van der Waals surface area contributed by atoms with E-state index in [1.165, 1.54) is 35.2 Å². The topological polar surface area (TPSA) is 133 Å². The predicted octanol–water partition coefficient (Wildman–Crippen LogP) is 3.01. The van der Waals surface area contributed by atoms with Gasteiger partial charge in [-0.3, -0.25) is 15.1 Å². The Bertz CT molecular complexity index is 1370. The van der Waals surface area contributed by atoms with E-state index in [4.69, 9.17) is 0 Å². The lowest BCUT2D eigenvalue weighted by Crippen LogP contribution is -2.14. The molecule has 0 aliphatic heterocycles. The first-order chi connectivity index (χ1) is 15.8. The quantitative estimate of drug-likeness (QED) is 0.362. The Labute approximate surface area is 198 Å². The van der Waals surface area contributed by atoms with Gasteiger partial charge in [0.25, 0.3) is 0 Å². The standard InChI is InChI=1S/C20H19N7O3S3/c1-3-27-17(13-8-10-21-11-9-13)23-26-20(27)31-12-16(28)22-19-25-24-18(32-19)14-4-6-15(7-5-14)33(2,29)30/h4-11H,3,12H2,1-2H3,(H,22,25,28). The highest BCUT2D eigenvalue weighted by atomic mass is 32.2. The second-order valence-corrected chi connectivity index (χ2v) is 10.8. The predicted molar refractivity (Wildman–Crippen MR) is 127 cm³/mol. The molecular formula is C20H19N7O3S3. The molecule has 4 rings (SSSR count). The van der Waals surface area contributed by atoms with Crippen molar-refractivity contribution in [3.8, 4) is 22.0 Å². The molecule has 1 amide bonds. The summed E-state index contributed by atoms with van der Waals surface area (Å²) in [6, 6.07) is 10.1. The molecule has 0 saturated carbocycles. The molecule has 33 heavy (non-hydrogen) atoms. The van der Waals surface area contributed by atoms with Crippen molar-refractivity contribution >= 4 is 44.0 Å². The van der Waals surface area contributed by atoms with Crippen LogP contribution >= 0.6 is 23.1 Å². The van der Waals surface area contributed by atoms with E-state index in [1.54, 1.807) is 24.5 Å². The number of hydrogen-bond acceptors (Lipinski definition) is 10. The lowest BCUT2D eigenvalue weighted by molar-refractivity contribution is -0.113. The highest BCUT2D eigenvalue weighted by Crippen LogP contribution is 2.28. The molecule has 10 nitrogen and oxygen atoms in total. The Hall–Kier alpha value is -3.16. The average Bonchev–Trinajstić information content (AvgIpc) is 3.44. The molecule has 3 heterocycles. The fourth-order valence-corrected chi connectivity index (χ4v) is 5.11. The summed E-state index contributed by atoms with van der Waals surface area (Å²) >= 11 is 2.49. The summed E-state index contributed by atoms with van der Waals surface area (Å²) in [7, 11) is -3.27. The van der Waals surface area contributed by atoms with Gasteiger partial charge in [0.2, 0.25) is 11.0 Å². The molecule has 0 aliphatic carbocycles. The number of sulfone groups is 1. The summed E-state index contributed by atoms with van der Waals surface area (Å²) in [6.45, 7) is 2.65. The fraction of sp³-hybridized carbons (Fsp3) is 0.200. The highest BCUT2D eigenvalue weighted by Gasteiger charge is 2.16. The van der Waals surface area contributed by atoms with E-state index in [-0.39, 0.29) is 16.6 Å². The number of nitrogens with zero attached hydrogens (tertiary/aromatic N) is 6. The van der Waals surface area contributed by atoms with Crippen molar-refractivity contribution in [2.75, 3.05) is 17.3 Å². The normalized spacial score (nSPS) is 11.5. The van der Waals surface area contributed by atoms with Crippen LogP contribution in [0.4, 0.5) is 5.13 Å². The minimum Gasteiger partial charge on any atom is -0.302 e. The summed E-state index contributed by atoms with van der Waals surface area (Å²) in [6.07, 6.45) is 4.54. The van der Waals surface area contributed by atoms with Gasteiger partial charge in [0.1, 0.15) is 5.01 Å². The minimum absolute atomic E-state index is 0.131. The van der Waals surface area contributed by atoms with Crippen LogP contribution in [0.1, 0.15) is 6.92 Å². The van der Waals surface area contributed by atoms with Crippen molar-refractivity contribution in [2.24, 2.45) is 0 Å². The molecule has 1 N–H and O–H groups in total. The molecule has 13 heteroatoms. The molecule has 4 aromatic rings. The zero-order chi connectivity index (χ0) is 23.4. The van der Waals surface area contributed by atoms with Crippen LogP contribution in [0.25, 0.3) is 22.0 Å². The lowest BCUT2D eigenvalue weighted by Gasteiger charge is -2.07. The van der Waals surface area contributed by atoms with Gasteiger partial charge in [0, 0.05) is 36.3 Å². The van der Waals surface area contributed by atoms with Gasteiger partial charge >= 0.3 is 0 Å². The van der Waals surface area contributed by atoms with Crippen LogP contribution in [-0.2, 0) is 21.2 Å². The number of thioether (sulfide) groups is 1.